The Bertz CT molecular complexity index is 536. The summed E-state index contributed by atoms with van der Waals surface area (Å²) in [7, 11) is 0. The normalized spacial score (nSPS) is 26.0. The van der Waals surface area contributed by atoms with Gasteiger partial charge < -0.3 is 9.80 Å². The molecule has 1 aromatic rings. The van der Waals surface area contributed by atoms with Crippen LogP contribution in [-0.4, -0.2) is 53.4 Å². The summed E-state index contributed by atoms with van der Waals surface area (Å²) in [6.07, 6.45) is -3.13. The second-order valence-corrected chi connectivity index (χ2v) is 6.92. The Morgan fingerprint density at radius 3 is 2.82 bits per heavy atom. The van der Waals surface area contributed by atoms with Crippen molar-refractivity contribution in [1.29, 1.82) is 0 Å². The van der Waals surface area contributed by atoms with Crippen molar-refractivity contribution in [1.82, 2.24) is 15.1 Å². The fourth-order valence-corrected chi connectivity index (χ4v) is 4.03. The SMILES string of the molecule is O=C(CC(F)(F)F)N1CCC2(CCCN(c3nncs3)C2)C1. The number of amides is 1. The number of anilines is 1. The maximum atomic E-state index is 12.4. The number of carbonyl (C=O) groups excluding carboxylic acids is 1. The molecule has 0 radical (unpaired) electrons. The zero-order chi connectivity index (χ0) is 15.8. The Labute approximate surface area is 130 Å². The van der Waals surface area contributed by atoms with Crippen LogP contribution in [0.15, 0.2) is 5.51 Å². The molecule has 0 aliphatic carbocycles. The lowest BCUT2D eigenvalue weighted by atomic mass is 9.79. The molecule has 5 nitrogen and oxygen atoms in total. The number of hydrogen-bond acceptors (Lipinski definition) is 5. The standard InChI is InChI=1S/C13H17F3N4OS/c14-13(15,16)6-10(21)19-5-3-12(7-19)2-1-4-20(8-12)11-18-17-9-22-11/h9H,1-8H2. The van der Waals surface area contributed by atoms with Crippen molar-refractivity contribution in [3.63, 3.8) is 0 Å². The average molecular weight is 334 g/mol. The Morgan fingerprint density at radius 1 is 1.32 bits per heavy atom. The van der Waals surface area contributed by atoms with Crippen LogP contribution >= 0.6 is 11.3 Å². The fraction of sp³-hybridized carbons (Fsp3) is 0.769. The summed E-state index contributed by atoms with van der Waals surface area (Å²) < 4.78 is 37.1. The Hall–Kier alpha value is -1.38. The number of likely N-dealkylation sites (tertiary alicyclic amines) is 1. The predicted octanol–water partition coefficient (Wildman–Crippen LogP) is 2.31. The molecule has 9 heteroatoms. The average Bonchev–Trinajstić information content (AvgIpc) is 3.07. The van der Waals surface area contributed by atoms with Gasteiger partial charge in [-0.2, -0.15) is 13.2 Å². The summed E-state index contributed by atoms with van der Waals surface area (Å²) in [5.41, 5.74) is 1.57. The second kappa shape index (κ2) is 5.68. The highest BCUT2D eigenvalue weighted by Crippen LogP contribution is 2.41. The van der Waals surface area contributed by atoms with Crippen LogP contribution in [-0.2, 0) is 4.79 Å². The van der Waals surface area contributed by atoms with E-state index >= 15 is 0 Å². The highest BCUT2D eigenvalue weighted by atomic mass is 32.1. The van der Waals surface area contributed by atoms with Crippen molar-refractivity contribution in [3.05, 3.63) is 5.51 Å². The van der Waals surface area contributed by atoms with Gasteiger partial charge in [-0.1, -0.05) is 11.3 Å². The molecule has 122 valence electrons. The molecule has 1 amide bonds. The molecular formula is C13H17F3N4OS. The van der Waals surface area contributed by atoms with E-state index in [1.807, 2.05) is 0 Å². The zero-order valence-electron chi connectivity index (χ0n) is 12.0. The molecular weight excluding hydrogens is 317 g/mol. The number of hydrogen-bond donors (Lipinski definition) is 0. The van der Waals surface area contributed by atoms with E-state index in [1.54, 1.807) is 5.51 Å². The quantitative estimate of drug-likeness (QED) is 0.833. The lowest BCUT2D eigenvalue weighted by Gasteiger charge is -2.40. The first-order chi connectivity index (χ1) is 10.4. The molecule has 1 atom stereocenters. The Morgan fingerprint density at radius 2 is 2.14 bits per heavy atom. The topological polar surface area (TPSA) is 49.3 Å². The molecule has 1 spiro atoms. The van der Waals surface area contributed by atoms with Crippen LogP contribution in [0.3, 0.4) is 0 Å². The smallest absolute Gasteiger partial charge is 0.346 e. The van der Waals surface area contributed by atoms with Gasteiger partial charge >= 0.3 is 6.18 Å². The van der Waals surface area contributed by atoms with Crippen molar-refractivity contribution in [2.75, 3.05) is 31.1 Å². The molecule has 0 bridgehead atoms. The van der Waals surface area contributed by atoms with Crippen LogP contribution in [0, 0.1) is 5.41 Å². The van der Waals surface area contributed by atoms with Gasteiger partial charge in [-0.25, -0.2) is 0 Å². The molecule has 0 aromatic carbocycles. The number of halogens is 3. The number of aromatic nitrogens is 2. The highest BCUT2D eigenvalue weighted by Gasteiger charge is 2.45. The fourth-order valence-electron chi connectivity index (χ4n) is 3.44. The molecule has 0 N–H and O–H groups in total. The summed E-state index contributed by atoms with van der Waals surface area (Å²) in [5.74, 6) is -0.808. The van der Waals surface area contributed by atoms with E-state index in [0.717, 1.165) is 37.5 Å². The van der Waals surface area contributed by atoms with Gasteiger partial charge in [-0.3, -0.25) is 4.79 Å². The molecule has 2 aliphatic rings. The van der Waals surface area contributed by atoms with Gasteiger partial charge in [0.2, 0.25) is 11.0 Å². The van der Waals surface area contributed by atoms with Crippen molar-refractivity contribution >= 4 is 22.4 Å². The van der Waals surface area contributed by atoms with E-state index in [4.69, 9.17) is 0 Å². The summed E-state index contributed by atoms with van der Waals surface area (Å²) in [6.45, 7) is 2.45. The first kappa shape index (κ1) is 15.5. The van der Waals surface area contributed by atoms with Gasteiger partial charge in [0.15, 0.2) is 0 Å². The van der Waals surface area contributed by atoms with Crippen LogP contribution in [0.1, 0.15) is 25.7 Å². The predicted molar refractivity (Wildman–Crippen MR) is 75.7 cm³/mol. The second-order valence-electron chi connectivity index (χ2n) is 6.10. The molecule has 2 saturated heterocycles. The van der Waals surface area contributed by atoms with Gasteiger partial charge in [0.1, 0.15) is 11.9 Å². The Balaban J connectivity index is 1.64. The maximum absolute atomic E-state index is 12.4. The number of nitrogens with zero attached hydrogens (tertiary/aromatic N) is 4. The highest BCUT2D eigenvalue weighted by molar-refractivity contribution is 7.13. The van der Waals surface area contributed by atoms with Crippen LogP contribution in [0.25, 0.3) is 0 Å². The molecule has 3 rings (SSSR count). The minimum atomic E-state index is -4.43. The van der Waals surface area contributed by atoms with Crippen LogP contribution in [0.4, 0.5) is 18.3 Å². The molecule has 2 fully saturated rings. The van der Waals surface area contributed by atoms with E-state index in [-0.39, 0.29) is 5.41 Å². The summed E-state index contributed by atoms with van der Waals surface area (Å²) in [5, 5.41) is 8.74. The van der Waals surface area contributed by atoms with E-state index < -0.39 is 18.5 Å². The van der Waals surface area contributed by atoms with Gasteiger partial charge in [0, 0.05) is 31.6 Å². The first-order valence-corrected chi connectivity index (χ1v) is 8.11. The van der Waals surface area contributed by atoms with E-state index in [9.17, 15) is 18.0 Å². The largest absolute Gasteiger partial charge is 0.397 e. The number of carbonyl (C=O) groups is 1. The summed E-state index contributed by atoms with van der Waals surface area (Å²) in [4.78, 5) is 15.3. The minimum Gasteiger partial charge on any atom is -0.346 e. The third-order valence-corrected chi connectivity index (χ3v) is 5.17. The van der Waals surface area contributed by atoms with Crippen molar-refractivity contribution < 1.29 is 18.0 Å². The molecule has 0 saturated carbocycles. The first-order valence-electron chi connectivity index (χ1n) is 7.23. The van der Waals surface area contributed by atoms with Crippen molar-refractivity contribution in [3.8, 4) is 0 Å². The number of rotatable bonds is 2. The van der Waals surface area contributed by atoms with Crippen LogP contribution < -0.4 is 4.90 Å². The van der Waals surface area contributed by atoms with E-state index in [1.165, 1.54) is 16.2 Å². The minimum absolute atomic E-state index is 0.106. The molecule has 2 aliphatic heterocycles. The van der Waals surface area contributed by atoms with Crippen LogP contribution in [0.5, 0.6) is 0 Å². The molecule has 1 aromatic heterocycles. The van der Waals surface area contributed by atoms with Gasteiger partial charge in [0.25, 0.3) is 0 Å². The zero-order valence-corrected chi connectivity index (χ0v) is 12.8. The summed E-state index contributed by atoms with van der Waals surface area (Å²) >= 11 is 1.46. The lowest BCUT2D eigenvalue weighted by Crippen LogP contribution is -2.45. The van der Waals surface area contributed by atoms with Crippen molar-refractivity contribution in [2.45, 2.75) is 31.9 Å². The number of piperidine rings is 1. The number of alkyl halides is 3. The summed E-state index contributed by atoms with van der Waals surface area (Å²) in [6, 6.07) is 0. The molecule has 3 heterocycles. The van der Waals surface area contributed by atoms with Gasteiger partial charge in [-0.15, -0.1) is 10.2 Å². The van der Waals surface area contributed by atoms with Gasteiger partial charge in [-0.05, 0) is 19.3 Å². The van der Waals surface area contributed by atoms with E-state index in [2.05, 4.69) is 15.1 Å². The van der Waals surface area contributed by atoms with Crippen molar-refractivity contribution in [2.24, 2.45) is 5.41 Å². The maximum Gasteiger partial charge on any atom is 0.397 e. The third-order valence-electron chi connectivity index (χ3n) is 4.42. The molecule has 22 heavy (non-hydrogen) atoms. The monoisotopic (exact) mass is 334 g/mol. The van der Waals surface area contributed by atoms with Crippen LogP contribution in [0.2, 0.25) is 0 Å². The Kier molecular flexibility index (Phi) is 4.00. The third kappa shape index (κ3) is 3.34. The lowest BCUT2D eigenvalue weighted by molar-refractivity contribution is -0.160. The van der Waals surface area contributed by atoms with Gasteiger partial charge in [0.05, 0.1) is 0 Å². The molecule has 1 unspecified atom stereocenters. The van der Waals surface area contributed by atoms with E-state index in [0.29, 0.717) is 13.1 Å².